The lowest BCUT2D eigenvalue weighted by Crippen LogP contribution is -2.34. The van der Waals surface area contributed by atoms with E-state index < -0.39 is 6.09 Å². The molecule has 1 atom stereocenters. The van der Waals surface area contributed by atoms with Gasteiger partial charge in [-0.15, -0.1) is 0 Å². The third kappa shape index (κ3) is 2.37. The highest BCUT2D eigenvalue weighted by atomic mass is 16.4. The standard InChI is InChI=1S/C8H16N2O2/c1-2-4-9-7-3-5-10(6-7)8(11)12/h7,9H,2-6H2,1H3,(H,11,12)/t7-/m1/s1. The van der Waals surface area contributed by atoms with Crippen molar-refractivity contribution in [3.8, 4) is 0 Å². The molecule has 0 aromatic rings. The van der Waals surface area contributed by atoms with E-state index in [1.165, 1.54) is 4.90 Å². The molecule has 1 aliphatic rings. The zero-order valence-electron chi connectivity index (χ0n) is 7.42. The molecule has 2 N–H and O–H groups in total. The third-order valence-electron chi connectivity index (χ3n) is 2.14. The van der Waals surface area contributed by atoms with Gasteiger partial charge in [-0.2, -0.15) is 0 Å². The number of rotatable bonds is 3. The third-order valence-corrected chi connectivity index (χ3v) is 2.14. The monoisotopic (exact) mass is 172 g/mol. The largest absolute Gasteiger partial charge is 0.465 e. The Labute approximate surface area is 72.6 Å². The smallest absolute Gasteiger partial charge is 0.407 e. The number of amides is 1. The first-order valence-electron chi connectivity index (χ1n) is 4.45. The van der Waals surface area contributed by atoms with Gasteiger partial charge >= 0.3 is 6.09 Å². The van der Waals surface area contributed by atoms with Gasteiger partial charge in [0.15, 0.2) is 0 Å². The van der Waals surface area contributed by atoms with Crippen molar-refractivity contribution in [2.24, 2.45) is 0 Å². The minimum atomic E-state index is -0.796. The highest BCUT2D eigenvalue weighted by Crippen LogP contribution is 2.08. The van der Waals surface area contributed by atoms with E-state index in [1.54, 1.807) is 0 Å². The van der Waals surface area contributed by atoms with Crippen molar-refractivity contribution in [3.63, 3.8) is 0 Å². The fourth-order valence-electron chi connectivity index (χ4n) is 1.45. The molecule has 0 radical (unpaired) electrons. The predicted octanol–water partition coefficient (Wildman–Crippen LogP) is 0.738. The molecule has 1 saturated heterocycles. The van der Waals surface area contributed by atoms with Crippen LogP contribution < -0.4 is 5.32 Å². The van der Waals surface area contributed by atoms with Crippen molar-refractivity contribution < 1.29 is 9.90 Å². The van der Waals surface area contributed by atoms with Gasteiger partial charge in [0.25, 0.3) is 0 Å². The number of hydrogen-bond acceptors (Lipinski definition) is 2. The van der Waals surface area contributed by atoms with Gasteiger partial charge in [0, 0.05) is 19.1 Å². The topological polar surface area (TPSA) is 52.6 Å². The van der Waals surface area contributed by atoms with E-state index >= 15 is 0 Å². The number of nitrogens with one attached hydrogen (secondary N) is 1. The molecule has 1 amide bonds. The van der Waals surface area contributed by atoms with Crippen molar-refractivity contribution in [1.82, 2.24) is 10.2 Å². The lowest BCUT2D eigenvalue weighted by atomic mass is 10.2. The van der Waals surface area contributed by atoms with Gasteiger partial charge in [-0.25, -0.2) is 4.79 Å². The molecule has 0 unspecified atom stereocenters. The zero-order chi connectivity index (χ0) is 8.97. The molecule has 4 nitrogen and oxygen atoms in total. The van der Waals surface area contributed by atoms with E-state index in [0.717, 1.165) is 19.4 Å². The first-order valence-corrected chi connectivity index (χ1v) is 4.45. The summed E-state index contributed by atoms with van der Waals surface area (Å²) in [7, 11) is 0. The fourth-order valence-corrected chi connectivity index (χ4v) is 1.45. The molecule has 0 saturated carbocycles. The molecule has 12 heavy (non-hydrogen) atoms. The molecule has 70 valence electrons. The number of carboxylic acid groups (broad SMARTS) is 1. The van der Waals surface area contributed by atoms with Gasteiger partial charge in [0.2, 0.25) is 0 Å². The summed E-state index contributed by atoms with van der Waals surface area (Å²) in [6.45, 7) is 4.42. The summed E-state index contributed by atoms with van der Waals surface area (Å²) >= 11 is 0. The van der Waals surface area contributed by atoms with Crippen LogP contribution in [0.25, 0.3) is 0 Å². The van der Waals surface area contributed by atoms with Crippen LogP contribution in [-0.4, -0.2) is 41.8 Å². The molecule has 1 heterocycles. The Morgan fingerprint density at radius 1 is 1.75 bits per heavy atom. The first-order chi connectivity index (χ1) is 5.74. The van der Waals surface area contributed by atoms with Gasteiger partial charge in [-0.1, -0.05) is 6.92 Å². The number of nitrogens with zero attached hydrogens (tertiary/aromatic N) is 1. The Kier molecular flexibility index (Phi) is 3.34. The summed E-state index contributed by atoms with van der Waals surface area (Å²) < 4.78 is 0. The molecule has 1 aliphatic heterocycles. The zero-order valence-corrected chi connectivity index (χ0v) is 7.42. The van der Waals surface area contributed by atoms with E-state index in [1.807, 2.05) is 0 Å². The first kappa shape index (κ1) is 9.32. The molecule has 0 spiro atoms. The van der Waals surface area contributed by atoms with Crippen LogP contribution in [0.15, 0.2) is 0 Å². The van der Waals surface area contributed by atoms with Crippen molar-refractivity contribution in [2.75, 3.05) is 19.6 Å². The average molecular weight is 172 g/mol. The summed E-state index contributed by atoms with van der Waals surface area (Å²) in [5, 5.41) is 12.0. The maximum Gasteiger partial charge on any atom is 0.407 e. The Hall–Kier alpha value is -0.770. The van der Waals surface area contributed by atoms with E-state index in [0.29, 0.717) is 19.1 Å². The molecular weight excluding hydrogens is 156 g/mol. The van der Waals surface area contributed by atoms with Crippen LogP contribution in [0.3, 0.4) is 0 Å². The van der Waals surface area contributed by atoms with Gasteiger partial charge in [0.1, 0.15) is 0 Å². The predicted molar refractivity (Wildman–Crippen MR) is 46.3 cm³/mol. The van der Waals surface area contributed by atoms with Crippen LogP contribution in [0.4, 0.5) is 4.79 Å². The SMILES string of the molecule is CCCN[C@@H]1CCN(C(=O)O)C1. The van der Waals surface area contributed by atoms with E-state index in [9.17, 15) is 4.79 Å². The Balaban J connectivity index is 2.21. The molecule has 0 aromatic heterocycles. The molecule has 4 heteroatoms. The highest BCUT2D eigenvalue weighted by Gasteiger charge is 2.24. The normalized spacial score (nSPS) is 23.1. The molecule has 0 aromatic carbocycles. The fraction of sp³-hybridized carbons (Fsp3) is 0.875. The molecule has 0 aliphatic carbocycles. The Morgan fingerprint density at radius 3 is 3.00 bits per heavy atom. The summed E-state index contributed by atoms with van der Waals surface area (Å²) in [6, 6.07) is 0.376. The van der Waals surface area contributed by atoms with Crippen LogP contribution >= 0.6 is 0 Å². The van der Waals surface area contributed by atoms with E-state index in [2.05, 4.69) is 12.2 Å². The van der Waals surface area contributed by atoms with Gasteiger partial charge in [-0.05, 0) is 19.4 Å². The summed E-state index contributed by atoms with van der Waals surface area (Å²) in [5.41, 5.74) is 0. The minimum absolute atomic E-state index is 0.376. The summed E-state index contributed by atoms with van der Waals surface area (Å²) in [6.07, 6.45) is 1.26. The van der Waals surface area contributed by atoms with Crippen molar-refractivity contribution >= 4 is 6.09 Å². The molecule has 0 bridgehead atoms. The van der Waals surface area contributed by atoms with Gasteiger partial charge in [0.05, 0.1) is 0 Å². The van der Waals surface area contributed by atoms with Crippen LogP contribution in [0.5, 0.6) is 0 Å². The highest BCUT2D eigenvalue weighted by molar-refractivity contribution is 5.65. The van der Waals surface area contributed by atoms with Crippen LogP contribution in [0, 0.1) is 0 Å². The van der Waals surface area contributed by atoms with Gasteiger partial charge < -0.3 is 15.3 Å². The van der Waals surface area contributed by atoms with E-state index in [-0.39, 0.29) is 0 Å². The number of hydrogen-bond donors (Lipinski definition) is 2. The van der Waals surface area contributed by atoms with Crippen molar-refractivity contribution in [3.05, 3.63) is 0 Å². The van der Waals surface area contributed by atoms with Crippen molar-refractivity contribution in [1.29, 1.82) is 0 Å². The minimum Gasteiger partial charge on any atom is -0.465 e. The number of carbonyl (C=O) groups is 1. The van der Waals surface area contributed by atoms with Crippen molar-refractivity contribution in [2.45, 2.75) is 25.8 Å². The van der Waals surface area contributed by atoms with E-state index in [4.69, 9.17) is 5.11 Å². The second kappa shape index (κ2) is 4.30. The molecule has 1 rings (SSSR count). The lowest BCUT2D eigenvalue weighted by Gasteiger charge is -2.12. The average Bonchev–Trinajstić information content (AvgIpc) is 2.48. The second-order valence-corrected chi connectivity index (χ2v) is 3.17. The second-order valence-electron chi connectivity index (χ2n) is 3.17. The molecule has 1 fully saturated rings. The maximum atomic E-state index is 10.5. The molecular formula is C8H16N2O2. The summed E-state index contributed by atoms with van der Waals surface area (Å²) in [5.74, 6) is 0. The Morgan fingerprint density at radius 2 is 2.50 bits per heavy atom. The Bertz CT molecular complexity index is 161. The lowest BCUT2D eigenvalue weighted by molar-refractivity contribution is 0.154. The van der Waals surface area contributed by atoms with Crippen LogP contribution in [0.2, 0.25) is 0 Å². The summed E-state index contributed by atoms with van der Waals surface area (Å²) in [4.78, 5) is 12.0. The van der Waals surface area contributed by atoms with Crippen LogP contribution in [0.1, 0.15) is 19.8 Å². The quantitative estimate of drug-likeness (QED) is 0.660. The van der Waals surface area contributed by atoms with Crippen LogP contribution in [-0.2, 0) is 0 Å². The number of likely N-dealkylation sites (tertiary alicyclic amines) is 1. The maximum absolute atomic E-state index is 10.5. The van der Waals surface area contributed by atoms with Gasteiger partial charge in [-0.3, -0.25) is 0 Å².